The summed E-state index contributed by atoms with van der Waals surface area (Å²) in [5, 5.41) is 10.4. The summed E-state index contributed by atoms with van der Waals surface area (Å²) in [7, 11) is -3.60. The summed E-state index contributed by atoms with van der Waals surface area (Å²) in [6, 6.07) is 4.72. The Morgan fingerprint density at radius 3 is 2.41 bits per heavy atom. The molecule has 1 aromatic rings. The molecule has 1 rings (SSSR count). The number of rotatable bonds is 6. The highest BCUT2D eigenvalue weighted by molar-refractivity contribution is 7.89. The largest absolute Gasteiger partial charge is 0.269 e. The number of benzene rings is 1. The standard InChI is InChI=1S/C10H12N2O4S/c1-2-3-8-11-17(15,16)10-6-4-9(5-7-10)12(13)14/h2,4-7,11H,1,3,8H2. The summed E-state index contributed by atoms with van der Waals surface area (Å²) in [6.07, 6.45) is 2.12. The van der Waals surface area contributed by atoms with Crippen molar-refractivity contribution in [2.24, 2.45) is 0 Å². The summed E-state index contributed by atoms with van der Waals surface area (Å²) in [5.74, 6) is 0. The molecular formula is C10H12N2O4S. The van der Waals surface area contributed by atoms with Gasteiger partial charge < -0.3 is 0 Å². The van der Waals surface area contributed by atoms with Gasteiger partial charge in [0.25, 0.3) is 5.69 Å². The van der Waals surface area contributed by atoms with Crippen LogP contribution in [0.2, 0.25) is 0 Å². The van der Waals surface area contributed by atoms with Crippen molar-refractivity contribution in [3.63, 3.8) is 0 Å². The summed E-state index contributed by atoms with van der Waals surface area (Å²) < 4.78 is 25.7. The zero-order valence-corrected chi connectivity index (χ0v) is 9.81. The number of non-ortho nitro benzene ring substituents is 1. The van der Waals surface area contributed by atoms with Gasteiger partial charge in [-0.25, -0.2) is 13.1 Å². The lowest BCUT2D eigenvalue weighted by atomic mass is 10.3. The van der Waals surface area contributed by atoms with Crippen LogP contribution >= 0.6 is 0 Å². The molecule has 0 aliphatic rings. The number of sulfonamides is 1. The second-order valence-electron chi connectivity index (χ2n) is 3.23. The summed E-state index contributed by atoms with van der Waals surface area (Å²) in [4.78, 5) is 9.83. The van der Waals surface area contributed by atoms with Gasteiger partial charge >= 0.3 is 0 Å². The maximum Gasteiger partial charge on any atom is 0.269 e. The van der Waals surface area contributed by atoms with Crippen molar-refractivity contribution < 1.29 is 13.3 Å². The Morgan fingerprint density at radius 1 is 1.35 bits per heavy atom. The zero-order valence-electron chi connectivity index (χ0n) is 9.00. The first-order chi connectivity index (χ1) is 7.97. The minimum absolute atomic E-state index is 0.00663. The monoisotopic (exact) mass is 256 g/mol. The Kier molecular flexibility index (Phi) is 4.36. The third-order valence-corrected chi connectivity index (χ3v) is 3.48. The van der Waals surface area contributed by atoms with Crippen molar-refractivity contribution in [3.05, 3.63) is 47.0 Å². The summed E-state index contributed by atoms with van der Waals surface area (Å²) in [5.41, 5.74) is -0.143. The predicted octanol–water partition coefficient (Wildman–Crippen LogP) is 1.45. The van der Waals surface area contributed by atoms with E-state index >= 15 is 0 Å². The third-order valence-electron chi connectivity index (χ3n) is 2.00. The van der Waals surface area contributed by atoms with E-state index in [9.17, 15) is 18.5 Å². The molecule has 1 aromatic carbocycles. The van der Waals surface area contributed by atoms with Crippen molar-refractivity contribution in [1.82, 2.24) is 4.72 Å². The predicted molar refractivity (Wildman–Crippen MR) is 63.1 cm³/mol. The Hall–Kier alpha value is -1.73. The summed E-state index contributed by atoms with van der Waals surface area (Å²) in [6.45, 7) is 3.73. The molecule has 92 valence electrons. The lowest BCUT2D eigenvalue weighted by Crippen LogP contribution is -2.24. The van der Waals surface area contributed by atoms with Crippen molar-refractivity contribution in [2.75, 3.05) is 6.54 Å². The summed E-state index contributed by atoms with van der Waals surface area (Å²) >= 11 is 0. The molecule has 0 heterocycles. The van der Waals surface area contributed by atoms with Gasteiger partial charge in [0.2, 0.25) is 10.0 Å². The number of nitrogens with zero attached hydrogens (tertiary/aromatic N) is 1. The Bertz CT molecular complexity index is 508. The van der Waals surface area contributed by atoms with Crippen LogP contribution in [0, 0.1) is 10.1 Å². The molecule has 17 heavy (non-hydrogen) atoms. The van der Waals surface area contributed by atoms with E-state index in [-0.39, 0.29) is 17.1 Å². The van der Waals surface area contributed by atoms with Gasteiger partial charge in [-0.1, -0.05) is 6.08 Å². The Balaban J connectivity index is 2.85. The fraction of sp³-hybridized carbons (Fsp3) is 0.200. The molecule has 0 unspecified atom stereocenters. The van der Waals surface area contributed by atoms with Crippen LogP contribution in [0.25, 0.3) is 0 Å². The van der Waals surface area contributed by atoms with Crippen molar-refractivity contribution in [3.8, 4) is 0 Å². The number of hydrogen-bond acceptors (Lipinski definition) is 4. The van der Waals surface area contributed by atoms with Gasteiger partial charge in [0, 0.05) is 18.7 Å². The van der Waals surface area contributed by atoms with Gasteiger partial charge in [0.15, 0.2) is 0 Å². The maximum absolute atomic E-state index is 11.7. The van der Waals surface area contributed by atoms with Crippen LogP contribution in [-0.4, -0.2) is 19.9 Å². The molecule has 0 aromatic heterocycles. The lowest BCUT2D eigenvalue weighted by Gasteiger charge is -2.04. The van der Waals surface area contributed by atoms with Gasteiger partial charge in [0.05, 0.1) is 9.82 Å². The third kappa shape index (κ3) is 3.65. The van der Waals surface area contributed by atoms with E-state index in [0.717, 1.165) is 12.1 Å². The number of nitro groups is 1. The average Bonchev–Trinajstić information content (AvgIpc) is 2.29. The van der Waals surface area contributed by atoms with Crippen LogP contribution in [0.4, 0.5) is 5.69 Å². The van der Waals surface area contributed by atoms with Crippen molar-refractivity contribution >= 4 is 15.7 Å². The fourth-order valence-electron chi connectivity index (χ4n) is 1.13. The quantitative estimate of drug-likeness (QED) is 0.361. The van der Waals surface area contributed by atoms with Crippen LogP contribution in [0.5, 0.6) is 0 Å². The SMILES string of the molecule is C=CCCNS(=O)(=O)c1ccc([N+](=O)[O-])cc1. The lowest BCUT2D eigenvalue weighted by molar-refractivity contribution is -0.384. The Labute approximate surface area is 99.2 Å². The van der Waals surface area contributed by atoms with E-state index in [4.69, 9.17) is 0 Å². The van der Waals surface area contributed by atoms with E-state index in [1.165, 1.54) is 12.1 Å². The molecule has 1 N–H and O–H groups in total. The van der Waals surface area contributed by atoms with E-state index < -0.39 is 14.9 Å². The highest BCUT2D eigenvalue weighted by Crippen LogP contribution is 2.15. The second kappa shape index (κ2) is 5.55. The van der Waals surface area contributed by atoms with E-state index in [2.05, 4.69) is 11.3 Å². The number of nitrogens with one attached hydrogen (secondary N) is 1. The van der Waals surface area contributed by atoms with Gasteiger partial charge in [0.1, 0.15) is 0 Å². The highest BCUT2D eigenvalue weighted by atomic mass is 32.2. The molecule has 0 spiro atoms. The maximum atomic E-state index is 11.7. The van der Waals surface area contributed by atoms with Crippen molar-refractivity contribution in [1.29, 1.82) is 0 Å². The highest BCUT2D eigenvalue weighted by Gasteiger charge is 2.14. The molecule has 7 heteroatoms. The molecule has 0 fully saturated rings. The fourth-order valence-corrected chi connectivity index (χ4v) is 2.17. The molecule has 0 saturated heterocycles. The molecule has 0 saturated carbocycles. The van der Waals surface area contributed by atoms with Gasteiger partial charge in [-0.3, -0.25) is 10.1 Å². The molecule has 0 bridgehead atoms. The van der Waals surface area contributed by atoms with Crippen LogP contribution in [0.1, 0.15) is 6.42 Å². The topological polar surface area (TPSA) is 89.3 Å². The first-order valence-corrected chi connectivity index (χ1v) is 6.30. The average molecular weight is 256 g/mol. The molecule has 0 aliphatic carbocycles. The molecular weight excluding hydrogens is 244 g/mol. The molecule has 0 aliphatic heterocycles. The smallest absolute Gasteiger partial charge is 0.258 e. The minimum atomic E-state index is -3.60. The normalized spacial score (nSPS) is 11.1. The van der Waals surface area contributed by atoms with Gasteiger partial charge in [-0.2, -0.15) is 0 Å². The number of hydrogen-bond donors (Lipinski definition) is 1. The van der Waals surface area contributed by atoms with E-state index in [0.29, 0.717) is 6.42 Å². The van der Waals surface area contributed by atoms with Crippen LogP contribution in [0.3, 0.4) is 0 Å². The number of nitro benzene ring substituents is 1. The Morgan fingerprint density at radius 2 is 1.94 bits per heavy atom. The van der Waals surface area contributed by atoms with Gasteiger partial charge in [-0.05, 0) is 18.6 Å². The molecule has 0 amide bonds. The molecule has 6 nitrogen and oxygen atoms in total. The van der Waals surface area contributed by atoms with Crippen LogP contribution in [-0.2, 0) is 10.0 Å². The molecule has 0 radical (unpaired) electrons. The second-order valence-corrected chi connectivity index (χ2v) is 4.99. The van der Waals surface area contributed by atoms with Crippen LogP contribution < -0.4 is 4.72 Å². The van der Waals surface area contributed by atoms with Crippen molar-refractivity contribution in [2.45, 2.75) is 11.3 Å². The molecule has 0 atom stereocenters. The first kappa shape index (κ1) is 13.3. The van der Waals surface area contributed by atoms with E-state index in [1.807, 2.05) is 0 Å². The van der Waals surface area contributed by atoms with Crippen LogP contribution in [0.15, 0.2) is 41.8 Å². The van der Waals surface area contributed by atoms with Gasteiger partial charge in [-0.15, -0.1) is 6.58 Å². The minimum Gasteiger partial charge on any atom is -0.258 e. The first-order valence-electron chi connectivity index (χ1n) is 4.82. The van der Waals surface area contributed by atoms with E-state index in [1.54, 1.807) is 6.08 Å². The zero-order chi connectivity index (χ0) is 12.9.